The van der Waals surface area contributed by atoms with E-state index >= 15 is 0 Å². The molecule has 16 nitrogen and oxygen atoms in total. The molecule has 0 heterocycles. The largest absolute Gasteiger partial charge is 2.00 e. The normalized spacial score (nSPS) is 6.11. The molecule has 0 aliphatic carbocycles. The molecular formula is H24N2O14S2V+4. The minimum atomic E-state index is -5.17. The van der Waals surface area contributed by atoms with Gasteiger partial charge in [0.05, 0.1) is 0 Å². The van der Waals surface area contributed by atoms with Crippen molar-refractivity contribution in [3.05, 3.63) is 0 Å². The Morgan fingerprint density at radius 2 is 0.579 bits per heavy atom. The van der Waals surface area contributed by atoms with Crippen molar-refractivity contribution in [2.24, 2.45) is 0 Å². The first-order valence-electron chi connectivity index (χ1n) is 1.33. The second-order valence-electron chi connectivity index (χ2n) is 0.816. The van der Waals surface area contributed by atoms with Crippen LogP contribution in [0.2, 0.25) is 0 Å². The number of hydrogen-bond donors (Lipinski definition) is 2. The van der Waals surface area contributed by atoms with Crippen LogP contribution in [-0.4, -0.2) is 46.0 Å². The van der Waals surface area contributed by atoms with Gasteiger partial charge in [-0.25, -0.2) is 0 Å². The maximum atomic E-state index is 8.52. The van der Waals surface area contributed by atoms with Gasteiger partial charge in [0.25, 0.3) is 0 Å². The molecule has 0 unspecified atom stereocenters. The summed E-state index contributed by atoms with van der Waals surface area (Å²) in [4.78, 5) is 0. The van der Waals surface area contributed by atoms with Gasteiger partial charge in [-0.05, 0) is 0 Å². The molecule has 0 atom stereocenters. The van der Waals surface area contributed by atoms with E-state index in [2.05, 4.69) is 0 Å². The maximum absolute atomic E-state index is 8.52. The van der Waals surface area contributed by atoms with E-state index in [1.54, 1.807) is 0 Å². The monoisotopic (exact) mass is 391 g/mol. The van der Waals surface area contributed by atoms with Gasteiger partial charge in [-0.15, -0.1) is 0 Å². The standard InChI is InChI=1S/2H3N.2H2O4S.6H2O.V/c;;2*1-5(2,3)4;;;;;;;/h2*1H3;2*(H2,1,2,3,4);6*1H2;/q;;;;;;;;;;+2/p+2. The predicted octanol–water partition coefficient (Wildman–Crippen LogP) is -5.74. The molecule has 0 spiro atoms. The molecular weight excluding hydrogens is 367 g/mol. The number of hydrogen-bond acceptors (Lipinski definition) is 10. The van der Waals surface area contributed by atoms with Crippen LogP contribution >= 0.6 is 0 Å². The van der Waals surface area contributed by atoms with Crippen LogP contribution in [0.15, 0.2) is 0 Å². The molecule has 0 saturated heterocycles. The van der Waals surface area contributed by atoms with E-state index in [0.29, 0.717) is 0 Å². The van der Waals surface area contributed by atoms with Crippen molar-refractivity contribution < 1.29 is 89.3 Å². The van der Waals surface area contributed by atoms with Gasteiger partial charge < -0.3 is 63.4 Å². The van der Waals surface area contributed by atoms with Crippen molar-refractivity contribution in [2.45, 2.75) is 0 Å². The predicted molar refractivity (Wildman–Crippen MR) is 58.5 cm³/mol. The van der Waals surface area contributed by atoms with Gasteiger partial charge in [0.15, 0.2) is 0 Å². The van der Waals surface area contributed by atoms with Crippen molar-refractivity contribution in [3.63, 3.8) is 0 Å². The molecule has 0 aromatic heterocycles. The van der Waals surface area contributed by atoms with Gasteiger partial charge in [0.1, 0.15) is 0 Å². The summed E-state index contributed by atoms with van der Waals surface area (Å²) >= 11 is 0. The molecule has 0 saturated carbocycles. The summed E-state index contributed by atoms with van der Waals surface area (Å²) in [6, 6.07) is 0. The van der Waals surface area contributed by atoms with Crippen molar-refractivity contribution >= 4 is 20.8 Å². The van der Waals surface area contributed by atoms with Crippen LogP contribution in [0.4, 0.5) is 0 Å². The SMILES string of the molecule is O=S(=O)([O-])[O-].O=S(=O)([O-])[O-].[H+].[H+].[NH4+].[NH4+].[OH-].[OH-].[OH3+].[OH3+].[OH3+].[OH3+].[V+2]. The Morgan fingerprint density at radius 1 is 0.579 bits per heavy atom. The summed E-state index contributed by atoms with van der Waals surface area (Å²) in [5.74, 6) is 0. The second-order valence-corrected chi connectivity index (χ2v) is 2.45. The summed E-state index contributed by atoms with van der Waals surface area (Å²) in [6.07, 6.45) is 0. The molecule has 19 heteroatoms. The van der Waals surface area contributed by atoms with Crippen LogP contribution in [0.1, 0.15) is 2.85 Å². The van der Waals surface area contributed by atoms with Crippen LogP contribution < -0.4 is 12.3 Å². The first kappa shape index (κ1) is 96.2. The fourth-order valence-corrected chi connectivity index (χ4v) is 0. The zero-order valence-electron chi connectivity index (χ0n) is 11.7. The Kier molecular flexibility index (Phi) is 183. The molecule has 22 N–H and O–H groups in total. The Labute approximate surface area is 123 Å². The molecule has 0 aliphatic rings. The van der Waals surface area contributed by atoms with Crippen molar-refractivity contribution in [1.82, 2.24) is 12.3 Å². The summed E-state index contributed by atoms with van der Waals surface area (Å²) in [5, 5.41) is 0. The zero-order valence-corrected chi connectivity index (χ0v) is 12.8. The Morgan fingerprint density at radius 3 is 0.579 bits per heavy atom. The molecule has 131 valence electrons. The van der Waals surface area contributed by atoms with E-state index in [0.717, 1.165) is 0 Å². The minimum absolute atomic E-state index is 0. The average molecular weight is 391 g/mol. The van der Waals surface area contributed by atoms with Gasteiger partial charge in [-0.3, -0.25) is 16.8 Å². The van der Waals surface area contributed by atoms with Crippen molar-refractivity contribution in [3.8, 4) is 0 Å². The summed E-state index contributed by atoms with van der Waals surface area (Å²) in [7, 11) is -10.3. The van der Waals surface area contributed by atoms with Crippen molar-refractivity contribution in [2.75, 3.05) is 0 Å². The van der Waals surface area contributed by atoms with E-state index in [9.17, 15) is 0 Å². The van der Waals surface area contributed by atoms with Gasteiger partial charge >= 0.3 is 21.4 Å². The Hall–Kier alpha value is 0.00442. The van der Waals surface area contributed by atoms with Gasteiger partial charge in [-0.1, -0.05) is 0 Å². The van der Waals surface area contributed by atoms with Gasteiger partial charge in [0, 0.05) is 20.8 Å². The zero-order chi connectivity index (χ0) is 9.00. The van der Waals surface area contributed by atoms with Crippen LogP contribution in [-0.2, 0) is 61.3 Å². The van der Waals surface area contributed by atoms with Crippen LogP contribution in [0.3, 0.4) is 0 Å². The molecule has 19 heavy (non-hydrogen) atoms. The van der Waals surface area contributed by atoms with Gasteiger partial charge in [0.2, 0.25) is 0 Å². The van der Waals surface area contributed by atoms with E-state index in [1.807, 2.05) is 0 Å². The van der Waals surface area contributed by atoms with Crippen LogP contribution in [0, 0.1) is 0 Å². The molecule has 1 radical (unpaired) electrons. The minimum Gasteiger partial charge on any atom is -0.870 e. The quantitative estimate of drug-likeness (QED) is 0.223. The maximum Gasteiger partial charge on any atom is 2.00 e. The molecule has 0 bridgehead atoms. The number of rotatable bonds is 0. The van der Waals surface area contributed by atoms with Crippen molar-refractivity contribution in [1.29, 1.82) is 0 Å². The second kappa shape index (κ2) is 36.1. The van der Waals surface area contributed by atoms with Crippen LogP contribution in [0.25, 0.3) is 0 Å². The summed E-state index contributed by atoms with van der Waals surface area (Å²) < 4.78 is 68.2. The van der Waals surface area contributed by atoms with Crippen LogP contribution in [0.5, 0.6) is 0 Å². The van der Waals surface area contributed by atoms with E-state index in [1.165, 1.54) is 0 Å². The Bertz CT molecular complexity index is 229. The fourth-order valence-electron chi connectivity index (χ4n) is 0. The smallest absolute Gasteiger partial charge is 0.870 e. The molecule has 0 amide bonds. The number of quaternary nitrogens is 2. The third-order valence-corrected chi connectivity index (χ3v) is 0. The summed E-state index contributed by atoms with van der Waals surface area (Å²) in [6.45, 7) is 0. The first-order valence-corrected chi connectivity index (χ1v) is 4.00. The molecule has 0 aliphatic heterocycles. The third kappa shape index (κ3) is 237000000. The molecule has 0 rings (SSSR count). The van der Waals surface area contributed by atoms with Gasteiger partial charge in [-0.2, -0.15) is 0 Å². The topological polar surface area (TPSA) is 426 Å². The third-order valence-electron chi connectivity index (χ3n) is 0. The fraction of sp³-hybridized carbons (Fsp3) is 0. The average Bonchev–Trinajstić information content (AvgIpc) is 1.12. The summed E-state index contributed by atoms with van der Waals surface area (Å²) in [5.41, 5.74) is 0. The first-order chi connectivity index (χ1) is 4.00. The van der Waals surface area contributed by atoms with E-state index < -0.39 is 20.8 Å². The van der Waals surface area contributed by atoms with E-state index in [4.69, 9.17) is 35.0 Å². The molecule has 0 aromatic rings. The Balaban J connectivity index is -0.00000000364. The van der Waals surface area contributed by atoms with E-state index in [-0.39, 0.29) is 66.6 Å². The molecule has 0 aromatic carbocycles. The molecule has 0 fully saturated rings.